The lowest BCUT2D eigenvalue weighted by atomic mass is 9.97. The largest absolute Gasteiger partial charge is 0.295 e. The average molecular weight is 264 g/mol. The number of aryl methyl sites for hydroxylation is 1. The van der Waals surface area contributed by atoms with Crippen molar-refractivity contribution < 1.29 is 4.79 Å². The molecule has 0 heterocycles. The first-order valence-corrected chi connectivity index (χ1v) is 7.06. The van der Waals surface area contributed by atoms with Gasteiger partial charge in [0.2, 0.25) is 0 Å². The van der Waals surface area contributed by atoms with E-state index < -0.39 is 0 Å². The number of benzene rings is 2. The Morgan fingerprint density at radius 1 is 0.900 bits per heavy atom. The summed E-state index contributed by atoms with van der Waals surface area (Å²) in [7, 11) is 0. The molecular weight excluding hydrogens is 244 g/mol. The van der Waals surface area contributed by atoms with Crippen molar-refractivity contribution in [2.75, 3.05) is 0 Å². The fourth-order valence-corrected chi connectivity index (χ4v) is 2.24. The molecule has 0 saturated heterocycles. The summed E-state index contributed by atoms with van der Waals surface area (Å²) in [5, 5.41) is 0. The van der Waals surface area contributed by atoms with E-state index in [1.165, 1.54) is 11.1 Å². The average Bonchev–Trinajstić information content (AvgIpc) is 2.52. The monoisotopic (exact) mass is 264 g/mol. The van der Waals surface area contributed by atoms with Gasteiger partial charge in [0.05, 0.1) is 0 Å². The zero-order valence-electron chi connectivity index (χ0n) is 11.9. The first-order valence-electron chi connectivity index (χ1n) is 7.06. The van der Waals surface area contributed by atoms with Gasteiger partial charge in [0, 0.05) is 12.8 Å². The van der Waals surface area contributed by atoms with Gasteiger partial charge in [0.1, 0.15) is 0 Å². The number of hydrogen-bond donors (Lipinski definition) is 0. The molecule has 2 aromatic rings. The van der Waals surface area contributed by atoms with Crippen molar-refractivity contribution in [3.63, 3.8) is 0 Å². The van der Waals surface area contributed by atoms with Crippen LogP contribution < -0.4 is 0 Å². The zero-order chi connectivity index (χ0) is 14.2. The fraction of sp³-hybridized carbons (Fsp3) is 0.211. The van der Waals surface area contributed by atoms with Gasteiger partial charge in [-0.25, -0.2) is 0 Å². The Bertz CT molecular complexity index is 567. The molecule has 0 unspecified atom stereocenters. The molecule has 0 aliphatic rings. The fourth-order valence-electron chi connectivity index (χ4n) is 2.24. The SMILES string of the molecule is CC=C(Cc1ccccc1)C(=O)CCc1ccccc1. The Labute approximate surface area is 121 Å². The lowest BCUT2D eigenvalue weighted by molar-refractivity contribution is -0.115. The third-order valence-corrected chi connectivity index (χ3v) is 3.43. The summed E-state index contributed by atoms with van der Waals surface area (Å²) in [4.78, 5) is 12.3. The van der Waals surface area contributed by atoms with E-state index in [0.717, 1.165) is 18.4 Å². The van der Waals surface area contributed by atoms with Crippen molar-refractivity contribution in [1.29, 1.82) is 0 Å². The van der Waals surface area contributed by atoms with E-state index in [2.05, 4.69) is 24.3 Å². The quantitative estimate of drug-likeness (QED) is 0.708. The van der Waals surface area contributed by atoms with Gasteiger partial charge in [-0.15, -0.1) is 0 Å². The van der Waals surface area contributed by atoms with Gasteiger partial charge >= 0.3 is 0 Å². The third-order valence-electron chi connectivity index (χ3n) is 3.43. The molecule has 1 nitrogen and oxygen atoms in total. The van der Waals surface area contributed by atoms with Crippen molar-refractivity contribution in [3.05, 3.63) is 83.4 Å². The van der Waals surface area contributed by atoms with Crippen LogP contribution in [-0.2, 0) is 17.6 Å². The van der Waals surface area contributed by atoms with E-state index in [1.807, 2.05) is 49.4 Å². The van der Waals surface area contributed by atoms with Crippen LogP contribution in [0, 0.1) is 0 Å². The minimum absolute atomic E-state index is 0.250. The molecule has 0 atom stereocenters. The molecule has 0 aromatic heterocycles. The summed E-state index contributed by atoms with van der Waals surface area (Å²) in [5.41, 5.74) is 3.32. The van der Waals surface area contributed by atoms with Gasteiger partial charge in [-0.2, -0.15) is 0 Å². The molecule has 0 fully saturated rings. The molecule has 0 aliphatic heterocycles. The molecular formula is C19H20O. The number of carbonyl (C=O) groups is 1. The van der Waals surface area contributed by atoms with Crippen LogP contribution in [-0.4, -0.2) is 5.78 Å². The molecule has 0 amide bonds. The molecule has 2 aromatic carbocycles. The van der Waals surface area contributed by atoms with Crippen LogP contribution in [0.5, 0.6) is 0 Å². The lowest BCUT2D eigenvalue weighted by Crippen LogP contribution is -2.06. The van der Waals surface area contributed by atoms with E-state index in [1.54, 1.807) is 0 Å². The van der Waals surface area contributed by atoms with Gasteiger partial charge < -0.3 is 0 Å². The Morgan fingerprint density at radius 3 is 2.00 bits per heavy atom. The van der Waals surface area contributed by atoms with E-state index in [9.17, 15) is 4.79 Å². The zero-order valence-corrected chi connectivity index (χ0v) is 11.9. The molecule has 20 heavy (non-hydrogen) atoms. The van der Waals surface area contributed by atoms with Crippen molar-refractivity contribution in [2.24, 2.45) is 0 Å². The van der Waals surface area contributed by atoms with Crippen LogP contribution in [0.1, 0.15) is 24.5 Å². The summed E-state index contributed by atoms with van der Waals surface area (Å²) in [5.74, 6) is 0.250. The van der Waals surface area contributed by atoms with Crippen LogP contribution in [0.15, 0.2) is 72.3 Å². The Kier molecular flexibility index (Phi) is 5.31. The Morgan fingerprint density at radius 2 is 1.45 bits per heavy atom. The highest BCUT2D eigenvalue weighted by Gasteiger charge is 2.09. The van der Waals surface area contributed by atoms with Crippen molar-refractivity contribution in [2.45, 2.75) is 26.2 Å². The minimum atomic E-state index is 0.250. The number of rotatable bonds is 6. The molecule has 0 saturated carbocycles. The predicted molar refractivity (Wildman–Crippen MR) is 83.7 cm³/mol. The second-order valence-corrected chi connectivity index (χ2v) is 4.89. The van der Waals surface area contributed by atoms with Crippen LogP contribution in [0.2, 0.25) is 0 Å². The van der Waals surface area contributed by atoms with Gasteiger partial charge in [-0.3, -0.25) is 4.79 Å². The number of hydrogen-bond acceptors (Lipinski definition) is 1. The molecule has 0 spiro atoms. The molecule has 2 rings (SSSR count). The highest BCUT2D eigenvalue weighted by atomic mass is 16.1. The van der Waals surface area contributed by atoms with Crippen molar-refractivity contribution >= 4 is 5.78 Å². The Hall–Kier alpha value is -2.15. The minimum Gasteiger partial charge on any atom is -0.295 e. The summed E-state index contributed by atoms with van der Waals surface area (Å²) in [6.07, 6.45) is 4.06. The second-order valence-electron chi connectivity index (χ2n) is 4.89. The standard InChI is InChI=1S/C19H20O/c1-2-18(15-17-11-7-4-8-12-17)19(20)14-13-16-9-5-3-6-10-16/h2-12H,13-15H2,1H3. The van der Waals surface area contributed by atoms with Crippen molar-refractivity contribution in [1.82, 2.24) is 0 Å². The summed E-state index contributed by atoms with van der Waals surface area (Å²) in [6, 6.07) is 20.3. The summed E-state index contributed by atoms with van der Waals surface area (Å²) < 4.78 is 0. The number of carbonyl (C=O) groups excluding carboxylic acids is 1. The number of Topliss-reactive ketones (excluding diaryl/α,β-unsaturated/α-hetero) is 1. The van der Waals surface area contributed by atoms with Crippen LogP contribution >= 0.6 is 0 Å². The smallest absolute Gasteiger partial charge is 0.159 e. The maximum Gasteiger partial charge on any atom is 0.159 e. The van der Waals surface area contributed by atoms with Crippen LogP contribution in [0.25, 0.3) is 0 Å². The molecule has 102 valence electrons. The highest BCUT2D eigenvalue weighted by molar-refractivity contribution is 5.95. The molecule has 0 radical (unpaired) electrons. The molecule has 0 aliphatic carbocycles. The maximum absolute atomic E-state index is 12.3. The topological polar surface area (TPSA) is 17.1 Å². The number of allylic oxidation sites excluding steroid dienone is 2. The third kappa shape index (κ3) is 4.20. The molecule has 0 bridgehead atoms. The predicted octanol–water partition coefficient (Wildman–Crippen LogP) is 4.38. The second kappa shape index (κ2) is 7.44. The van der Waals surface area contributed by atoms with Gasteiger partial charge in [0.25, 0.3) is 0 Å². The normalized spacial score (nSPS) is 11.3. The lowest BCUT2D eigenvalue weighted by Gasteiger charge is -2.07. The summed E-state index contributed by atoms with van der Waals surface area (Å²) >= 11 is 0. The molecule has 1 heteroatoms. The first kappa shape index (κ1) is 14.3. The van der Waals surface area contributed by atoms with Crippen molar-refractivity contribution in [3.8, 4) is 0 Å². The van der Waals surface area contributed by atoms with E-state index in [-0.39, 0.29) is 5.78 Å². The first-order chi connectivity index (χ1) is 9.79. The molecule has 0 N–H and O–H groups in total. The van der Waals surface area contributed by atoms with Gasteiger partial charge in [0.15, 0.2) is 5.78 Å². The van der Waals surface area contributed by atoms with E-state index in [0.29, 0.717) is 6.42 Å². The Balaban J connectivity index is 1.93. The van der Waals surface area contributed by atoms with Gasteiger partial charge in [-0.1, -0.05) is 66.7 Å². The highest BCUT2D eigenvalue weighted by Crippen LogP contribution is 2.12. The van der Waals surface area contributed by atoms with E-state index in [4.69, 9.17) is 0 Å². The number of ketones is 1. The van der Waals surface area contributed by atoms with Gasteiger partial charge in [-0.05, 0) is 30.0 Å². The maximum atomic E-state index is 12.3. The van der Waals surface area contributed by atoms with Crippen LogP contribution in [0.3, 0.4) is 0 Å². The van der Waals surface area contributed by atoms with E-state index >= 15 is 0 Å². The summed E-state index contributed by atoms with van der Waals surface area (Å²) in [6.45, 7) is 1.94. The van der Waals surface area contributed by atoms with Crippen LogP contribution in [0.4, 0.5) is 0 Å².